The van der Waals surface area contributed by atoms with Gasteiger partial charge in [-0.3, -0.25) is 9.59 Å². The number of carbonyl (C=O) groups is 2. The van der Waals surface area contributed by atoms with E-state index in [0.717, 1.165) is 50.8 Å². The average Bonchev–Trinajstić information content (AvgIpc) is 2.87. The minimum atomic E-state index is -0.106. The number of unbranched alkanes of at least 4 members (excludes halogenated alkanes) is 1. The molecule has 1 aliphatic rings. The maximum Gasteiger partial charge on any atom is 0.261 e. The summed E-state index contributed by atoms with van der Waals surface area (Å²) in [5.74, 6) is 1.53. The molecule has 1 aliphatic heterocycles. The van der Waals surface area contributed by atoms with Gasteiger partial charge in [0.25, 0.3) is 5.91 Å². The fourth-order valence-electron chi connectivity index (χ4n) is 4.04. The molecule has 1 saturated heterocycles. The Kier molecular flexibility index (Phi) is 9.23. The molecule has 8 heteroatoms. The van der Waals surface area contributed by atoms with Crippen LogP contribution in [-0.2, 0) is 4.79 Å². The highest BCUT2D eigenvalue weighted by atomic mass is 16.5. The van der Waals surface area contributed by atoms with Crippen molar-refractivity contribution >= 4 is 17.9 Å². The summed E-state index contributed by atoms with van der Waals surface area (Å²) >= 11 is 0. The van der Waals surface area contributed by atoms with Crippen LogP contribution in [0.4, 0.5) is 0 Å². The number of methoxy groups -OCH3 is 2. The number of nitrogens with one attached hydrogen (secondary N) is 1. The molecule has 2 heterocycles. The molecule has 1 fully saturated rings. The summed E-state index contributed by atoms with van der Waals surface area (Å²) in [7, 11) is 3.13. The lowest BCUT2D eigenvalue weighted by Crippen LogP contribution is -2.38. The maximum absolute atomic E-state index is 13.1. The second kappa shape index (κ2) is 12.6. The van der Waals surface area contributed by atoms with Crippen molar-refractivity contribution in [1.29, 1.82) is 0 Å². The second-order valence-electron chi connectivity index (χ2n) is 8.07. The van der Waals surface area contributed by atoms with Gasteiger partial charge in [0.2, 0.25) is 5.91 Å². The summed E-state index contributed by atoms with van der Waals surface area (Å²) in [5.41, 5.74) is 1.33. The van der Waals surface area contributed by atoms with Crippen molar-refractivity contribution in [2.45, 2.75) is 32.1 Å². The van der Waals surface area contributed by atoms with Crippen molar-refractivity contribution in [1.82, 2.24) is 20.4 Å². The van der Waals surface area contributed by atoms with Crippen LogP contribution in [0.1, 0.15) is 48.0 Å². The molecule has 3 rings (SSSR count). The molecular formula is C25H32N4O4. The van der Waals surface area contributed by atoms with Gasteiger partial charge in [-0.15, -0.1) is 0 Å². The number of hydrogen-bond acceptors (Lipinski definition) is 6. The third kappa shape index (κ3) is 7.03. The molecule has 1 aromatic carbocycles. The fourth-order valence-corrected chi connectivity index (χ4v) is 4.04. The van der Waals surface area contributed by atoms with Gasteiger partial charge in [-0.25, -0.2) is 0 Å². The number of rotatable bonds is 10. The first kappa shape index (κ1) is 24.2. The van der Waals surface area contributed by atoms with Crippen LogP contribution in [0.3, 0.4) is 0 Å². The smallest absolute Gasteiger partial charge is 0.261 e. The van der Waals surface area contributed by atoms with E-state index in [2.05, 4.69) is 15.5 Å². The van der Waals surface area contributed by atoms with Gasteiger partial charge in [0.1, 0.15) is 17.1 Å². The Balaban J connectivity index is 1.35. The summed E-state index contributed by atoms with van der Waals surface area (Å²) in [6.07, 6.45) is 11.5. The van der Waals surface area contributed by atoms with Crippen LogP contribution in [0, 0.1) is 5.92 Å². The van der Waals surface area contributed by atoms with Gasteiger partial charge in [0.05, 0.1) is 26.6 Å². The molecular weight excluding hydrogens is 420 g/mol. The van der Waals surface area contributed by atoms with Crippen LogP contribution in [0.2, 0.25) is 0 Å². The quantitative estimate of drug-likeness (QED) is 0.439. The largest absolute Gasteiger partial charge is 0.496 e. The number of ether oxygens (including phenoxy) is 2. The van der Waals surface area contributed by atoms with Gasteiger partial charge in [0, 0.05) is 25.7 Å². The second-order valence-corrected chi connectivity index (χ2v) is 8.07. The third-order valence-corrected chi connectivity index (χ3v) is 5.92. The lowest BCUT2D eigenvalue weighted by Gasteiger charge is -2.32. The predicted octanol–water partition coefficient (Wildman–Crippen LogP) is 3.35. The summed E-state index contributed by atoms with van der Waals surface area (Å²) in [5, 5.41) is 10.4. The van der Waals surface area contributed by atoms with Crippen molar-refractivity contribution in [2.75, 3.05) is 33.9 Å². The van der Waals surface area contributed by atoms with Crippen LogP contribution in [-0.4, -0.2) is 60.8 Å². The molecule has 0 spiro atoms. The van der Waals surface area contributed by atoms with E-state index < -0.39 is 0 Å². The first-order chi connectivity index (χ1) is 16.1. The number of amides is 2. The first-order valence-corrected chi connectivity index (χ1v) is 11.3. The van der Waals surface area contributed by atoms with Gasteiger partial charge >= 0.3 is 0 Å². The molecule has 1 N–H and O–H groups in total. The minimum absolute atomic E-state index is 0.0407. The van der Waals surface area contributed by atoms with Crippen molar-refractivity contribution < 1.29 is 19.1 Å². The summed E-state index contributed by atoms with van der Waals surface area (Å²) in [6, 6.07) is 7.18. The van der Waals surface area contributed by atoms with Crippen molar-refractivity contribution in [3.63, 3.8) is 0 Å². The van der Waals surface area contributed by atoms with Gasteiger partial charge < -0.3 is 19.7 Å². The molecule has 0 unspecified atom stereocenters. The van der Waals surface area contributed by atoms with E-state index in [-0.39, 0.29) is 11.8 Å². The topological polar surface area (TPSA) is 93.7 Å². The average molecular weight is 453 g/mol. The molecule has 1 aromatic heterocycles. The predicted molar refractivity (Wildman–Crippen MR) is 126 cm³/mol. The lowest BCUT2D eigenvalue weighted by molar-refractivity contribution is -0.116. The molecule has 8 nitrogen and oxygen atoms in total. The Hall–Kier alpha value is -3.42. The normalized spacial score (nSPS) is 14.3. The maximum atomic E-state index is 13.1. The Bertz CT molecular complexity index is 918. The number of carbonyl (C=O) groups excluding carboxylic acids is 2. The molecule has 0 bridgehead atoms. The van der Waals surface area contributed by atoms with Gasteiger partial charge in [-0.2, -0.15) is 10.2 Å². The zero-order valence-electron chi connectivity index (χ0n) is 19.3. The number of nitrogens with zero attached hydrogens (tertiary/aromatic N) is 3. The number of benzene rings is 1. The van der Waals surface area contributed by atoms with E-state index in [1.807, 2.05) is 11.0 Å². The number of hydrogen-bond donors (Lipinski definition) is 1. The van der Waals surface area contributed by atoms with E-state index in [1.165, 1.54) is 6.08 Å². The van der Waals surface area contributed by atoms with E-state index >= 15 is 0 Å². The van der Waals surface area contributed by atoms with Crippen LogP contribution in [0.15, 0.2) is 42.7 Å². The molecule has 0 atom stereocenters. The van der Waals surface area contributed by atoms with Crippen molar-refractivity contribution in [3.05, 3.63) is 53.9 Å². The summed E-state index contributed by atoms with van der Waals surface area (Å²) in [4.78, 5) is 26.9. The zero-order chi connectivity index (χ0) is 23.5. The SMILES string of the molecule is COc1cccc(OC)c1C(=O)N1CCC(CCCCNC(=O)/C=C/c2ccnnc2)CC1. The first-order valence-electron chi connectivity index (χ1n) is 11.3. The summed E-state index contributed by atoms with van der Waals surface area (Å²) < 4.78 is 10.8. The summed E-state index contributed by atoms with van der Waals surface area (Å²) in [6.45, 7) is 2.12. The molecule has 176 valence electrons. The number of piperidine rings is 1. The highest BCUT2D eigenvalue weighted by Gasteiger charge is 2.27. The third-order valence-electron chi connectivity index (χ3n) is 5.92. The van der Waals surface area contributed by atoms with Crippen LogP contribution in [0.5, 0.6) is 11.5 Å². The van der Waals surface area contributed by atoms with Crippen LogP contribution >= 0.6 is 0 Å². The van der Waals surface area contributed by atoms with Crippen molar-refractivity contribution in [2.24, 2.45) is 5.92 Å². The van der Waals surface area contributed by atoms with Gasteiger partial charge in [-0.05, 0) is 55.0 Å². The molecule has 0 aliphatic carbocycles. The Labute approximate surface area is 195 Å². The van der Waals surface area contributed by atoms with Crippen LogP contribution in [0.25, 0.3) is 6.08 Å². The number of likely N-dealkylation sites (tertiary alicyclic amines) is 1. The van der Waals surface area contributed by atoms with E-state index in [9.17, 15) is 9.59 Å². The zero-order valence-corrected chi connectivity index (χ0v) is 19.3. The fraction of sp³-hybridized carbons (Fsp3) is 0.440. The van der Waals surface area contributed by atoms with E-state index in [1.54, 1.807) is 50.9 Å². The highest BCUT2D eigenvalue weighted by Crippen LogP contribution is 2.31. The monoisotopic (exact) mass is 452 g/mol. The number of aromatic nitrogens is 2. The minimum Gasteiger partial charge on any atom is -0.496 e. The Morgan fingerprint density at radius 3 is 2.45 bits per heavy atom. The molecule has 2 aromatic rings. The molecule has 33 heavy (non-hydrogen) atoms. The Morgan fingerprint density at radius 1 is 1.09 bits per heavy atom. The molecule has 0 radical (unpaired) electrons. The van der Waals surface area contributed by atoms with E-state index in [0.29, 0.717) is 29.5 Å². The Morgan fingerprint density at radius 2 is 1.82 bits per heavy atom. The lowest BCUT2D eigenvalue weighted by atomic mass is 9.91. The highest BCUT2D eigenvalue weighted by molar-refractivity contribution is 5.99. The van der Waals surface area contributed by atoms with Crippen LogP contribution < -0.4 is 14.8 Å². The van der Waals surface area contributed by atoms with Crippen molar-refractivity contribution in [3.8, 4) is 11.5 Å². The molecule has 2 amide bonds. The van der Waals surface area contributed by atoms with Gasteiger partial charge in [-0.1, -0.05) is 18.9 Å². The van der Waals surface area contributed by atoms with Gasteiger partial charge in [0.15, 0.2) is 0 Å². The van der Waals surface area contributed by atoms with E-state index in [4.69, 9.17) is 9.47 Å². The standard InChI is InChI=1S/C25H32N4O4/c1-32-21-7-5-8-22(33-2)24(21)25(31)29-16-12-19(13-17-29)6-3-4-14-26-23(30)10-9-20-11-15-27-28-18-20/h5,7-11,15,18-19H,3-4,6,12-14,16-17H2,1-2H3,(H,26,30)/b10-9+. The molecule has 0 saturated carbocycles.